The molecule has 2 aromatic carbocycles. The van der Waals surface area contributed by atoms with E-state index in [9.17, 15) is 4.79 Å². The molecule has 0 spiro atoms. The highest BCUT2D eigenvalue weighted by Gasteiger charge is 2.18. The first-order chi connectivity index (χ1) is 13.7. The molecule has 1 N–H and O–H groups in total. The smallest absolute Gasteiger partial charge is 0.261 e. The first-order valence-electron chi connectivity index (χ1n) is 9.53. The van der Waals surface area contributed by atoms with Crippen LogP contribution in [-0.4, -0.2) is 33.3 Å². The van der Waals surface area contributed by atoms with Gasteiger partial charge in [0, 0.05) is 18.2 Å². The van der Waals surface area contributed by atoms with Crippen LogP contribution in [0.3, 0.4) is 0 Å². The number of carbonyl (C=O) groups excluding carboxylic acids is 1. The molecule has 29 heavy (non-hydrogen) atoms. The van der Waals surface area contributed by atoms with E-state index < -0.39 is 6.10 Å². The molecule has 0 saturated heterocycles. The van der Waals surface area contributed by atoms with Crippen molar-refractivity contribution < 1.29 is 23.7 Å². The van der Waals surface area contributed by atoms with Crippen molar-refractivity contribution in [2.24, 2.45) is 0 Å². The molecule has 1 amide bonds. The predicted octanol–water partition coefficient (Wildman–Crippen LogP) is 4.09. The van der Waals surface area contributed by atoms with Crippen molar-refractivity contribution in [1.29, 1.82) is 0 Å². The Balaban J connectivity index is 2.01. The highest BCUT2D eigenvalue weighted by Crippen LogP contribution is 2.34. The van der Waals surface area contributed by atoms with Gasteiger partial charge in [0.1, 0.15) is 11.5 Å². The average Bonchev–Trinajstić information content (AvgIpc) is 2.70. The van der Waals surface area contributed by atoms with Crippen LogP contribution < -0.4 is 24.3 Å². The summed E-state index contributed by atoms with van der Waals surface area (Å²) in [5.41, 5.74) is 2.06. The molecule has 1 atom stereocenters. The van der Waals surface area contributed by atoms with Crippen molar-refractivity contribution in [2.75, 3.05) is 21.3 Å². The van der Waals surface area contributed by atoms with Crippen LogP contribution in [0.5, 0.6) is 23.0 Å². The van der Waals surface area contributed by atoms with Gasteiger partial charge in [-0.3, -0.25) is 4.79 Å². The van der Waals surface area contributed by atoms with E-state index >= 15 is 0 Å². The minimum atomic E-state index is -0.637. The van der Waals surface area contributed by atoms with E-state index in [-0.39, 0.29) is 17.9 Å². The third-order valence-corrected chi connectivity index (χ3v) is 4.64. The Labute approximate surface area is 173 Å². The number of ether oxygens (including phenoxy) is 4. The second-order valence-electron chi connectivity index (χ2n) is 7.77. The molecular formula is C23H31NO5. The molecule has 0 aliphatic heterocycles. The molecule has 0 saturated carbocycles. The summed E-state index contributed by atoms with van der Waals surface area (Å²) in [6.07, 6.45) is -0.637. The van der Waals surface area contributed by atoms with Gasteiger partial charge in [0.2, 0.25) is 0 Å². The zero-order valence-electron chi connectivity index (χ0n) is 18.3. The molecular weight excluding hydrogens is 370 g/mol. The van der Waals surface area contributed by atoms with Crippen LogP contribution in [0.1, 0.15) is 38.8 Å². The van der Waals surface area contributed by atoms with Crippen LogP contribution >= 0.6 is 0 Å². The van der Waals surface area contributed by atoms with E-state index in [1.165, 1.54) is 5.56 Å². The molecule has 0 bridgehead atoms. The minimum absolute atomic E-state index is 0.0694. The Morgan fingerprint density at radius 2 is 1.48 bits per heavy atom. The summed E-state index contributed by atoms with van der Waals surface area (Å²) in [7, 11) is 4.69. The van der Waals surface area contributed by atoms with E-state index in [0.29, 0.717) is 23.0 Å². The third kappa shape index (κ3) is 5.79. The maximum Gasteiger partial charge on any atom is 0.261 e. The van der Waals surface area contributed by atoms with Gasteiger partial charge in [-0.05, 0) is 36.1 Å². The summed E-state index contributed by atoms with van der Waals surface area (Å²) in [4.78, 5) is 12.5. The average molecular weight is 402 g/mol. The summed E-state index contributed by atoms with van der Waals surface area (Å²) in [5, 5.41) is 2.88. The maximum atomic E-state index is 12.5. The fraction of sp³-hybridized carbons (Fsp3) is 0.435. The minimum Gasteiger partial charge on any atom is -0.496 e. The largest absolute Gasteiger partial charge is 0.496 e. The molecule has 0 heterocycles. The summed E-state index contributed by atoms with van der Waals surface area (Å²) < 4.78 is 21.8. The van der Waals surface area contributed by atoms with Crippen molar-refractivity contribution in [2.45, 2.75) is 45.8 Å². The van der Waals surface area contributed by atoms with Crippen molar-refractivity contribution in [3.8, 4) is 23.0 Å². The molecule has 2 rings (SSSR count). The second kappa shape index (κ2) is 9.54. The fourth-order valence-corrected chi connectivity index (χ4v) is 2.85. The Morgan fingerprint density at radius 1 is 0.931 bits per heavy atom. The lowest BCUT2D eigenvalue weighted by Crippen LogP contribution is -2.36. The molecule has 158 valence electrons. The van der Waals surface area contributed by atoms with Crippen LogP contribution in [0.25, 0.3) is 0 Å². The van der Waals surface area contributed by atoms with Crippen molar-refractivity contribution in [3.05, 3.63) is 47.5 Å². The van der Waals surface area contributed by atoms with E-state index in [1.807, 2.05) is 24.3 Å². The van der Waals surface area contributed by atoms with Gasteiger partial charge < -0.3 is 24.3 Å². The fourth-order valence-electron chi connectivity index (χ4n) is 2.85. The van der Waals surface area contributed by atoms with E-state index in [0.717, 1.165) is 5.56 Å². The van der Waals surface area contributed by atoms with E-state index in [2.05, 4.69) is 26.1 Å². The molecule has 0 fully saturated rings. The highest BCUT2D eigenvalue weighted by atomic mass is 16.5. The maximum absolute atomic E-state index is 12.5. The quantitative estimate of drug-likeness (QED) is 0.722. The van der Waals surface area contributed by atoms with Crippen molar-refractivity contribution in [3.63, 3.8) is 0 Å². The number of hydrogen-bond donors (Lipinski definition) is 1. The van der Waals surface area contributed by atoms with Gasteiger partial charge in [-0.25, -0.2) is 0 Å². The molecule has 0 radical (unpaired) electrons. The molecule has 6 heteroatoms. The van der Waals surface area contributed by atoms with Gasteiger partial charge in [0.25, 0.3) is 5.91 Å². The molecule has 1 unspecified atom stereocenters. The number of hydrogen-bond acceptors (Lipinski definition) is 5. The Kier molecular flexibility index (Phi) is 7.37. The monoisotopic (exact) mass is 401 g/mol. The second-order valence-corrected chi connectivity index (χ2v) is 7.77. The number of methoxy groups -OCH3 is 3. The van der Waals surface area contributed by atoms with Gasteiger partial charge >= 0.3 is 0 Å². The number of amides is 1. The predicted molar refractivity (Wildman–Crippen MR) is 113 cm³/mol. The normalized spacial score (nSPS) is 12.1. The lowest BCUT2D eigenvalue weighted by atomic mass is 9.87. The Morgan fingerprint density at radius 3 is 2.00 bits per heavy atom. The van der Waals surface area contributed by atoms with Crippen LogP contribution in [0.4, 0.5) is 0 Å². The highest BCUT2D eigenvalue weighted by molar-refractivity contribution is 5.80. The number of nitrogens with one attached hydrogen (secondary N) is 1. The Hall–Kier alpha value is -2.89. The number of benzene rings is 2. The SMILES string of the molecule is COc1cc(OC)c(OC)cc1CNC(=O)C(C)Oc1ccc(C(C)(C)C)cc1. The van der Waals surface area contributed by atoms with Gasteiger partial charge in [-0.15, -0.1) is 0 Å². The summed E-state index contributed by atoms with van der Waals surface area (Å²) in [6, 6.07) is 11.3. The summed E-state index contributed by atoms with van der Waals surface area (Å²) >= 11 is 0. The van der Waals surface area contributed by atoms with E-state index in [1.54, 1.807) is 40.4 Å². The Bertz CT molecular complexity index is 824. The third-order valence-electron chi connectivity index (χ3n) is 4.64. The lowest BCUT2D eigenvalue weighted by Gasteiger charge is -2.20. The number of rotatable bonds is 8. The zero-order chi connectivity index (χ0) is 21.6. The molecule has 0 aliphatic carbocycles. The lowest BCUT2D eigenvalue weighted by molar-refractivity contribution is -0.127. The van der Waals surface area contributed by atoms with Crippen LogP contribution in [0.15, 0.2) is 36.4 Å². The van der Waals surface area contributed by atoms with Crippen LogP contribution in [-0.2, 0) is 16.8 Å². The molecule has 0 aromatic heterocycles. The molecule has 0 aliphatic rings. The van der Waals surface area contributed by atoms with Crippen LogP contribution in [0.2, 0.25) is 0 Å². The number of carbonyl (C=O) groups is 1. The van der Waals surface area contributed by atoms with Crippen molar-refractivity contribution in [1.82, 2.24) is 5.32 Å². The topological polar surface area (TPSA) is 66.0 Å². The zero-order valence-corrected chi connectivity index (χ0v) is 18.3. The van der Waals surface area contributed by atoms with Crippen LogP contribution in [0, 0.1) is 0 Å². The van der Waals surface area contributed by atoms with E-state index in [4.69, 9.17) is 18.9 Å². The first-order valence-corrected chi connectivity index (χ1v) is 9.53. The summed E-state index contributed by atoms with van der Waals surface area (Å²) in [5.74, 6) is 2.18. The van der Waals surface area contributed by atoms with Gasteiger partial charge in [-0.1, -0.05) is 32.9 Å². The van der Waals surface area contributed by atoms with Gasteiger partial charge in [-0.2, -0.15) is 0 Å². The van der Waals surface area contributed by atoms with Gasteiger partial charge in [0.15, 0.2) is 17.6 Å². The van der Waals surface area contributed by atoms with Gasteiger partial charge in [0.05, 0.1) is 21.3 Å². The first kappa shape index (κ1) is 22.4. The standard InChI is InChI=1S/C23H31NO5/c1-15(29-18-10-8-17(9-11-18)23(2,3)4)22(25)24-14-16-12-20(27-6)21(28-7)13-19(16)26-5/h8-13,15H,14H2,1-7H3,(H,24,25). The van der Waals surface area contributed by atoms with Crippen molar-refractivity contribution >= 4 is 5.91 Å². The summed E-state index contributed by atoms with van der Waals surface area (Å²) in [6.45, 7) is 8.46. The molecule has 2 aromatic rings. The molecule has 6 nitrogen and oxygen atoms in total.